The largest absolute Gasteiger partial charge is 0.504 e. The van der Waals surface area contributed by atoms with Crippen molar-refractivity contribution < 1.29 is 9.84 Å². The maximum absolute atomic E-state index is 9.64. The number of phenols is 1. The fourth-order valence-electron chi connectivity index (χ4n) is 2.52. The van der Waals surface area contributed by atoms with Crippen LogP contribution in [0.2, 0.25) is 0 Å². The molecule has 3 N–H and O–H groups in total. The quantitative estimate of drug-likeness (QED) is 0.719. The van der Waals surface area contributed by atoms with Crippen molar-refractivity contribution in [1.82, 2.24) is 4.90 Å². The lowest BCUT2D eigenvalue weighted by atomic mass is 9.99. The van der Waals surface area contributed by atoms with Crippen LogP contribution >= 0.6 is 0 Å². The summed E-state index contributed by atoms with van der Waals surface area (Å²) in [5.41, 5.74) is 7.19. The molecule has 4 heteroatoms. The first-order valence-electron chi connectivity index (χ1n) is 7.34. The molecule has 114 valence electrons. The highest BCUT2D eigenvalue weighted by Crippen LogP contribution is 2.28. The van der Waals surface area contributed by atoms with Gasteiger partial charge in [0.2, 0.25) is 0 Å². The van der Waals surface area contributed by atoms with Gasteiger partial charge in [0.25, 0.3) is 0 Å². The van der Waals surface area contributed by atoms with Crippen molar-refractivity contribution in [3.8, 4) is 11.5 Å². The molecule has 1 rings (SSSR count). The van der Waals surface area contributed by atoms with E-state index in [1.807, 2.05) is 12.1 Å². The highest BCUT2D eigenvalue weighted by Gasteiger charge is 2.26. The summed E-state index contributed by atoms with van der Waals surface area (Å²) in [4.78, 5) is 2.33. The van der Waals surface area contributed by atoms with Crippen LogP contribution in [0.4, 0.5) is 0 Å². The van der Waals surface area contributed by atoms with Gasteiger partial charge in [0.15, 0.2) is 11.5 Å². The van der Waals surface area contributed by atoms with Crippen LogP contribution < -0.4 is 10.5 Å². The number of methoxy groups -OCH3 is 1. The Hall–Kier alpha value is -1.26. The van der Waals surface area contributed by atoms with Gasteiger partial charge >= 0.3 is 0 Å². The van der Waals surface area contributed by atoms with Crippen LogP contribution in [0.3, 0.4) is 0 Å². The highest BCUT2D eigenvalue weighted by molar-refractivity contribution is 5.42. The molecule has 0 heterocycles. The van der Waals surface area contributed by atoms with Gasteiger partial charge < -0.3 is 15.6 Å². The lowest BCUT2D eigenvalue weighted by Gasteiger charge is -2.38. The summed E-state index contributed by atoms with van der Waals surface area (Å²) in [7, 11) is 1.56. The fraction of sp³-hybridized carbons (Fsp3) is 0.625. The minimum Gasteiger partial charge on any atom is -0.504 e. The highest BCUT2D eigenvalue weighted by atomic mass is 16.5. The zero-order chi connectivity index (χ0) is 15.2. The molecule has 0 spiro atoms. The molecule has 0 radical (unpaired) electrons. The number of nitrogens with zero attached hydrogens (tertiary/aromatic N) is 1. The van der Waals surface area contributed by atoms with Crippen LogP contribution in [0.1, 0.15) is 39.2 Å². The van der Waals surface area contributed by atoms with Gasteiger partial charge in [-0.2, -0.15) is 0 Å². The first kappa shape index (κ1) is 16.8. The van der Waals surface area contributed by atoms with Crippen molar-refractivity contribution in [3.05, 3.63) is 23.8 Å². The summed E-state index contributed by atoms with van der Waals surface area (Å²) in [6, 6.07) is 5.42. The number of rotatable bonds is 8. The third-order valence-corrected chi connectivity index (χ3v) is 3.52. The van der Waals surface area contributed by atoms with Crippen molar-refractivity contribution in [2.75, 3.05) is 20.2 Å². The van der Waals surface area contributed by atoms with Crippen molar-refractivity contribution >= 4 is 0 Å². The number of hydrogen-bond acceptors (Lipinski definition) is 4. The molecule has 1 aromatic carbocycles. The van der Waals surface area contributed by atoms with Gasteiger partial charge in [-0.15, -0.1) is 0 Å². The average Bonchev–Trinajstić information content (AvgIpc) is 2.40. The summed E-state index contributed by atoms with van der Waals surface area (Å²) in [5, 5.41) is 9.64. The molecule has 0 bridgehead atoms. The fourth-order valence-corrected chi connectivity index (χ4v) is 2.52. The van der Waals surface area contributed by atoms with E-state index in [4.69, 9.17) is 10.5 Å². The van der Waals surface area contributed by atoms with Crippen LogP contribution in [0, 0.1) is 0 Å². The average molecular weight is 280 g/mol. The predicted molar refractivity (Wildman–Crippen MR) is 83.1 cm³/mol. The van der Waals surface area contributed by atoms with Crippen LogP contribution in [-0.2, 0) is 6.42 Å². The second kappa shape index (κ2) is 7.50. The number of phenolic OH excluding ortho intramolecular Hbond substituents is 1. The maximum Gasteiger partial charge on any atom is 0.160 e. The van der Waals surface area contributed by atoms with Crippen LogP contribution in [0.5, 0.6) is 11.5 Å². The van der Waals surface area contributed by atoms with Gasteiger partial charge in [-0.05, 0) is 50.6 Å². The molecule has 0 aliphatic rings. The normalized spacial score (nSPS) is 14.3. The Morgan fingerprint density at radius 3 is 2.35 bits per heavy atom. The van der Waals surface area contributed by atoms with E-state index in [1.54, 1.807) is 13.2 Å². The smallest absolute Gasteiger partial charge is 0.160 e. The Kier molecular flexibility index (Phi) is 6.30. The standard InChI is InChI=1S/C16H28N2O2/c1-5-9-18(10-6-2)16(3,17)12-13-7-8-14(19)15(11-13)20-4/h7-8,11,19H,5-6,9-10,12,17H2,1-4H3. The third kappa shape index (κ3) is 4.39. The first-order chi connectivity index (χ1) is 9.44. The van der Waals surface area contributed by atoms with E-state index in [0.717, 1.165) is 37.9 Å². The summed E-state index contributed by atoms with van der Waals surface area (Å²) >= 11 is 0. The molecular weight excluding hydrogens is 252 g/mol. The summed E-state index contributed by atoms with van der Waals surface area (Å²) in [6.07, 6.45) is 2.90. The summed E-state index contributed by atoms with van der Waals surface area (Å²) in [5.74, 6) is 0.657. The lowest BCUT2D eigenvalue weighted by Crippen LogP contribution is -2.55. The van der Waals surface area contributed by atoms with E-state index in [0.29, 0.717) is 5.75 Å². The lowest BCUT2D eigenvalue weighted by molar-refractivity contribution is 0.108. The van der Waals surface area contributed by atoms with Crippen molar-refractivity contribution in [2.45, 2.75) is 45.7 Å². The van der Waals surface area contributed by atoms with Gasteiger partial charge in [-0.1, -0.05) is 19.9 Å². The minimum absolute atomic E-state index is 0.161. The minimum atomic E-state index is -0.395. The number of hydrogen-bond donors (Lipinski definition) is 2. The monoisotopic (exact) mass is 280 g/mol. The van der Waals surface area contributed by atoms with E-state index in [1.165, 1.54) is 0 Å². The Bertz CT molecular complexity index is 413. The molecule has 0 aliphatic carbocycles. The number of aromatic hydroxyl groups is 1. The Morgan fingerprint density at radius 2 is 1.85 bits per heavy atom. The van der Waals surface area contributed by atoms with Crippen molar-refractivity contribution in [1.29, 1.82) is 0 Å². The number of nitrogens with two attached hydrogens (primary N) is 1. The third-order valence-electron chi connectivity index (χ3n) is 3.52. The van der Waals surface area contributed by atoms with Gasteiger partial charge in [0, 0.05) is 6.42 Å². The van der Waals surface area contributed by atoms with Crippen LogP contribution in [0.25, 0.3) is 0 Å². The van der Waals surface area contributed by atoms with E-state index in [-0.39, 0.29) is 5.75 Å². The van der Waals surface area contributed by atoms with Crippen LogP contribution in [-0.4, -0.2) is 35.9 Å². The molecule has 0 fully saturated rings. The molecule has 0 saturated heterocycles. The molecule has 0 aromatic heterocycles. The number of benzene rings is 1. The summed E-state index contributed by atoms with van der Waals surface area (Å²) in [6.45, 7) is 8.40. The first-order valence-corrected chi connectivity index (χ1v) is 7.34. The van der Waals surface area contributed by atoms with E-state index in [2.05, 4.69) is 25.7 Å². The predicted octanol–water partition coefficient (Wildman–Crippen LogP) is 2.74. The van der Waals surface area contributed by atoms with E-state index >= 15 is 0 Å². The summed E-state index contributed by atoms with van der Waals surface area (Å²) < 4.78 is 5.15. The molecule has 0 saturated carbocycles. The van der Waals surface area contributed by atoms with Crippen LogP contribution in [0.15, 0.2) is 18.2 Å². The number of ether oxygens (including phenoxy) is 1. The molecule has 20 heavy (non-hydrogen) atoms. The molecule has 1 atom stereocenters. The van der Waals surface area contributed by atoms with E-state index < -0.39 is 5.66 Å². The van der Waals surface area contributed by atoms with Crippen molar-refractivity contribution in [3.63, 3.8) is 0 Å². The molecule has 1 aromatic rings. The van der Waals surface area contributed by atoms with Gasteiger partial charge in [0.05, 0.1) is 12.8 Å². The zero-order valence-electron chi connectivity index (χ0n) is 13.1. The molecule has 0 amide bonds. The molecule has 4 nitrogen and oxygen atoms in total. The zero-order valence-corrected chi connectivity index (χ0v) is 13.1. The topological polar surface area (TPSA) is 58.7 Å². The SMILES string of the molecule is CCCN(CCC)C(C)(N)Cc1ccc(O)c(OC)c1. The molecule has 0 aliphatic heterocycles. The van der Waals surface area contributed by atoms with Gasteiger partial charge in [-0.25, -0.2) is 0 Å². The molecule has 1 unspecified atom stereocenters. The van der Waals surface area contributed by atoms with E-state index in [9.17, 15) is 5.11 Å². The van der Waals surface area contributed by atoms with Gasteiger partial charge in [-0.3, -0.25) is 4.90 Å². The Balaban J connectivity index is 2.87. The Morgan fingerprint density at radius 1 is 1.25 bits per heavy atom. The Labute approximate surface area is 122 Å². The second-order valence-electron chi connectivity index (χ2n) is 5.53. The maximum atomic E-state index is 9.64. The second-order valence-corrected chi connectivity index (χ2v) is 5.53. The van der Waals surface area contributed by atoms with Gasteiger partial charge in [0.1, 0.15) is 0 Å². The molecular formula is C16H28N2O2. The van der Waals surface area contributed by atoms with Crippen molar-refractivity contribution in [2.24, 2.45) is 5.73 Å².